The molecule has 0 spiro atoms. The number of benzene rings is 1. The standard InChI is InChI=1S/C14H15BrN2/c1-14(2,3)12-8-10(4-6-16)13(15)11(9-12)5-7-17/h8-9H,4-5H2,1-3H3. The number of rotatable bonds is 2. The zero-order valence-corrected chi connectivity index (χ0v) is 11.9. The fourth-order valence-corrected chi connectivity index (χ4v) is 2.12. The molecule has 3 heteroatoms. The fraction of sp³-hybridized carbons (Fsp3) is 0.429. The number of nitriles is 2. The Morgan fingerprint density at radius 3 is 1.76 bits per heavy atom. The van der Waals surface area contributed by atoms with E-state index in [9.17, 15) is 0 Å². The third-order valence-electron chi connectivity index (χ3n) is 2.63. The topological polar surface area (TPSA) is 47.6 Å². The van der Waals surface area contributed by atoms with Crippen LogP contribution >= 0.6 is 15.9 Å². The van der Waals surface area contributed by atoms with E-state index in [2.05, 4.69) is 48.8 Å². The Morgan fingerprint density at radius 2 is 1.47 bits per heavy atom. The van der Waals surface area contributed by atoms with Crippen molar-refractivity contribution < 1.29 is 0 Å². The van der Waals surface area contributed by atoms with Crippen LogP contribution in [-0.2, 0) is 18.3 Å². The van der Waals surface area contributed by atoms with Crippen LogP contribution in [0.2, 0.25) is 0 Å². The molecule has 17 heavy (non-hydrogen) atoms. The van der Waals surface area contributed by atoms with Crippen LogP contribution in [0.4, 0.5) is 0 Å². The molecule has 0 amide bonds. The second kappa shape index (κ2) is 5.34. The maximum Gasteiger partial charge on any atom is 0.0670 e. The van der Waals surface area contributed by atoms with E-state index in [1.165, 1.54) is 0 Å². The van der Waals surface area contributed by atoms with Crippen LogP contribution in [0.3, 0.4) is 0 Å². The molecule has 0 radical (unpaired) electrons. The third-order valence-corrected chi connectivity index (χ3v) is 3.65. The Morgan fingerprint density at radius 1 is 1.06 bits per heavy atom. The van der Waals surface area contributed by atoms with E-state index in [1.54, 1.807) is 0 Å². The van der Waals surface area contributed by atoms with E-state index in [4.69, 9.17) is 10.5 Å². The molecule has 0 aliphatic rings. The van der Waals surface area contributed by atoms with Gasteiger partial charge in [0.15, 0.2) is 0 Å². The molecule has 0 N–H and O–H groups in total. The van der Waals surface area contributed by atoms with E-state index < -0.39 is 0 Å². The molecule has 0 aromatic heterocycles. The Kier molecular flexibility index (Phi) is 4.32. The smallest absolute Gasteiger partial charge is 0.0670 e. The molecular weight excluding hydrogens is 276 g/mol. The van der Waals surface area contributed by atoms with Crippen molar-refractivity contribution in [3.05, 3.63) is 33.3 Å². The van der Waals surface area contributed by atoms with Gasteiger partial charge in [-0.25, -0.2) is 0 Å². The zero-order valence-electron chi connectivity index (χ0n) is 10.3. The number of hydrogen-bond acceptors (Lipinski definition) is 2. The van der Waals surface area contributed by atoms with Crippen molar-refractivity contribution in [1.29, 1.82) is 10.5 Å². The van der Waals surface area contributed by atoms with Gasteiger partial charge >= 0.3 is 0 Å². The summed E-state index contributed by atoms with van der Waals surface area (Å²) < 4.78 is 0.897. The number of hydrogen-bond donors (Lipinski definition) is 0. The number of nitrogens with zero attached hydrogens (tertiary/aromatic N) is 2. The largest absolute Gasteiger partial charge is 0.198 e. The SMILES string of the molecule is CC(C)(C)c1cc(CC#N)c(Br)c(CC#N)c1. The minimum Gasteiger partial charge on any atom is -0.198 e. The van der Waals surface area contributed by atoms with Gasteiger partial charge in [-0.05, 0) is 22.1 Å². The van der Waals surface area contributed by atoms with Gasteiger partial charge in [0.2, 0.25) is 0 Å². The molecule has 0 bridgehead atoms. The Hall–Kier alpha value is -1.32. The highest BCUT2D eigenvalue weighted by molar-refractivity contribution is 9.10. The third kappa shape index (κ3) is 3.32. The van der Waals surface area contributed by atoms with Gasteiger partial charge in [-0.2, -0.15) is 10.5 Å². The van der Waals surface area contributed by atoms with Gasteiger partial charge in [-0.3, -0.25) is 0 Å². The monoisotopic (exact) mass is 290 g/mol. The highest BCUT2D eigenvalue weighted by Gasteiger charge is 2.17. The van der Waals surface area contributed by atoms with Crippen LogP contribution in [0.1, 0.15) is 37.5 Å². The van der Waals surface area contributed by atoms with Crippen LogP contribution in [0.5, 0.6) is 0 Å². The Bertz CT molecular complexity index is 461. The Labute approximate surface area is 111 Å². The molecule has 88 valence electrons. The summed E-state index contributed by atoms with van der Waals surface area (Å²) in [5, 5.41) is 17.6. The molecule has 1 aromatic carbocycles. The summed E-state index contributed by atoms with van der Waals surface area (Å²) in [5.74, 6) is 0. The first kappa shape index (κ1) is 13.7. The second-order valence-corrected chi connectivity index (χ2v) is 5.82. The van der Waals surface area contributed by atoms with E-state index in [0.717, 1.165) is 21.2 Å². The minimum atomic E-state index is 0.0229. The first-order valence-electron chi connectivity index (χ1n) is 5.46. The minimum absolute atomic E-state index is 0.0229. The molecule has 1 aromatic rings. The van der Waals surface area contributed by atoms with Gasteiger partial charge in [-0.1, -0.05) is 48.8 Å². The molecule has 0 saturated heterocycles. The molecule has 0 unspecified atom stereocenters. The van der Waals surface area contributed by atoms with Crippen LogP contribution in [0.15, 0.2) is 16.6 Å². The van der Waals surface area contributed by atoms with Crippen LogP contribution < -0.4 is 0 Å². The van der Waals surface area contributed by atoms with Gasteiger partial charge < -0.3 is 0 Å². The zero-order chi connectivity index (χ0) is 13.1. The highest BCUT2D eigenvalue weighted by atomic mass is 79.9. The summed E-state index contributed by atoms with van der Waals surface area (Å²) in [5.41, 5.74) is 3.11. The second-order valence-electron chi connectivity index (χ2n) is 5.03. The molecule has 0 heterocycles. The first-order chi connectivity index (χ1) is 7.90. The van der Waals surface area contributed by atoms with Crippen LogP contribution in [0, 0.1) is 22.7 Å². The maximum atomic E-state index is 8.82. The van der Waals surface area contributed by atoms with E-state index in [0.29, 0.717) is 12.8 Å². The fourth-order valence-electron chi connectivity index (χ4n) is 1.61. The van der Waals surface area contributed by atoms with Crippen molar-refractivity contribution in [2.24, 2.45) is 0 Å². The summed E-state index contributed by atoms with van der Waals surface area (Å²) >= 11 is 3.48. The quantitative estimate of drug-likeness (QED) is 0.830. The van der Waals surface area contributed by atoms with E-state index >= 15 is 0 Å². The first-order valence-corrected chi connectivity index (χ1v) is 6.25. The molecule has 0 atom stereocenters. The molecule has 0 aliphatic carbocycles. The van der Waals surface area contributed by atoms with Crippen molar-refractivity contribution in [2.45, 2.75) is 39.0 Å². The van der Waals surface area contributed by atoms with E-state index in [1.807, 2.05) is 12.1 Å². The summed E-state index contributed by atoms with van der Waals surface area (Å²) in [6, 6.07) is 8.42. The van der Waals surface area contributed by atoms with Crippen LogP contribution in [-0.4, -0.2) is 0 Å². The van der Waals surface area contributed by atoms with Gasteiger partial charge in [0.1, 0.15) is 0 Å². The van der Waals surface area contributed by atoms with Crippen molar-refractivity contribution in [3.8, 4) is 12.1 Å². The molecule has 1 rings (SSSR count). The van der Waals surface area contributed by atoms with Gasteiger partial charge in [-0.15, -0.1) is 0 Å². The predicted octanol–water partition coefficient (Wildman–Crippen LogP) is 3.88. The average Bonchev–Trinajstić information content (AvgIpc) is 2.22. The summed E-state index contributed by atoms with van der Waals surface area (Å²) in [7, 11) is 0. The highest BCUT2D eigenvalue weighted by Crippen LogP contribution is 2.30. The van der Waals surface area contributed by atoms with Gasteiger partial charge in [0.05, 0.1) is 25.0 Å². The summed E-state index contributed by atoms with van der Waals surface area (Å²) in [6.45, 7) is 6.38. The lowest BCUT2D eigenvalue weighted by molar-refractivity contribution is 0.588. The van der Waals surface area contributed by atoms with Crippen LogP contribution in [0.25, 0.3) is 0 Å². The molecule has 0 aliphatic heterocycles. The van der Waals surface area contributed by atoms with Gasteiger partial charge in [0.25, 0.3) is 0 Å². The molecular formula is C14H15BrN2. The Balaban J connectivity index is 3.38. The summed E-state index contributed by atoms with van der Waals surface area (Å²) in [4.78, 5) is 0. The molecule has 2 nitrogen and oxygen atoms in total. The molecule has 0 saturated carbocycles. The van der Waals surface area contributed by atoms with E-state index in [-0.39, 0.29) is 5.41 Å². The lowest BCUT2D eigenvalue weighted by atomic mass is 9.84. The van der Waals surface area contributed by atoms with Crippen molar-refractivity contribution >= 4 is 15.9 Å². The lowest BCUT2D eigenvalue weighted by Gasteiger charge is -2.21. The van der Waals surface area contributed by atoms with Crippen molar-refractivity contribution in [2.75, 3.05) is 0 Å². The average molecular weight is 291 g/mol. The normalized spacial score (nSPS) is 10.7. The molecule has 0 fully saturated rings. The summed E-state index contributed by atoms with van der Waals surface area (Å²) in [6.07, 6.45) is 0.728. The van der Waals surface area contributed by atoms with Crippen molar-refractivity contribution in [1.82, 2.24) is 0 Å². The maximum absolute atomic E-state index is 8.82. The predicted molar refractivity (Wildman–Crippen MR) is 71.5 cm³/mol. The lowest BCUT2D eigenvalue weighted by Crippen LogP contribution is -2.12. The van der Waals surface area contributed by atoms with Crippen molar-refractivity contribution in [3.63, 3.8) is 0 Å². The number of halogens is 1. The van der Waals surface area contributed by atoms with Gasteiger partial charge in [0, 0.05) is 4.47 Å².